The van der Waals surface area contributed by atoms with Gasteiger partial charge in [-0.15, -0.1) is 0 Å². The van der Waals surface area contributed by atoms with Crippen LogP contribution >= 0.6 is 0 Å². The number of amides is 1. The van der Waals surface area contributed by atoms with Crippen molar-refractivity contribution in [3.05, 3.63) is 30.1 Å². The second-order valence-corrected chi connectivity index (χ2v) is 7.04. The van der Waals surface area contributed by atoms with E-state index in [0.29, 0.717) is 25.2 Å². The van der Waals surface area contributed by atoms with Crippen LogP contribution in [0, 0.1) is 11.8 Å². The van der Waals surface area contributed by atoms with Gasteiger partial charge in [-0.25, -0.2) is 5.06 Å². The van der Waals surface area contributed by atoms with Crippen molar-refractivity contribution >= 4 is 5.91 Å². The maximum atomic E-state index is 12.5. The molecular formula is C18H25N3O3. The van der Waals surface area contributed by atoms with Crippen molar-refractivity contribution in [1.29, 1.82) is 0 Å². The number of carbonyl (C=O) groups excluding carboxylic acids is 1. The summed E-state index contributed by atoms with van der Waals surface area (Å²) in [6.07, 6.45) is 5.02. The van der Waals surface area contributed by atoms with Gasteiger partial charge in [-0.2, -0.15) is 0 Å². The highest BCUT2D eigenvalue weighted by Gasteiger charge is 2.40. The molecule has 130 valence electrons. The van der Waals surface area contributed by atoms with E-state index >= 15 is 0 Å². The quantitative estimate of drug-likeness (QED) is 0.840. The molecular weight excluding hydrogens is 306 g/mol. The van der Waals surface area contributed by atoms with Crippen LogP contribution in [0.3, 0.4) is 0 Å². The Bertz CT molecular complexity index is 562. The van der Waals surface area contributed by atoms with E-state index in [2.05, 4.69) is 16.0 Å². The molecule has 3 saturated heterocycles. The van der Waals surface area contributed by atoms with Crippen LogP contribution in [0.15, 0.2) is 24.4 Å². The maximum absolute atomic E-state index is 12.5. The Balaban J connectivity index is 1.35. The van der Waals surface area contributed by atoms with E-state index in [-0.39, 0.29) is 11.8 Å². The molecule has 4 rings (SSSR count). The minimum atomic E-state index is -0.0563. The summed E-state index contributed by atoms with van der Waals surface area (Å²) in [5, 5.41) is 1.54. The number of aromatic nitrogens is 1. The number of hydroxylamine groups is 2. The first kappa shape index (κ1) is 16.0. The molecule has 0 spiro atoms. The summed E-state index contributed by atoms with van der Waals surface area (Å²) in [5.74, 6) is 0.472. The second-order valence-electron chi connectivity index (χ2n) is 7.04. The van der Waals surface area contributed by atoms with Crippen LogP contribution in [-0.4, -0.2) is 59.8 Å². The molecule has 0 unspecified atom stereocenters. The standard InChI is InChI=1S/C18H25N3O3/c22-18(21-7-3-9-24-21)15-10-14-11-20(8-5-17(14)23-13-15)12-16-4-1-2-6-19-16/h1-2,4,6,14-15,17H,3,5,7-13H2/t14-,15-,17+/m0/s1. The Hall–Kier alpha value is -1.50. The Morgan fingerprint density at radius 3 is 3.08 bits per heavy atom. The molecule has 1 amide bonds. The molecule has 1 aromatic heterocycles. The zero-order chi connectivity index (χ0) is 16.4. The second kappa shape index (κ2) is 7.17. The first-order valence-electron chi connectivity index (χ1n) is 8.98. The fourth-order valence-corrected chi connectivity index (χ4v) is 4.07. The van der Waals surface area contributed by atoms with Crippen LogP contribution in [0.1, 0.15) is 25.0 Å². The molecule has 0 aliphatic carbocycles. The predicted octanol–water partition coefficient (Wildman–Crippen LogP) is 1.47. The molecule has 0 N–H and O–H groups in total. The van der Waals surface area contributed by atoms with Crippen LogP contribution in [0.4, 0.5) is 0 Å². The number of rotatable bonds is 3. The van der Waals surface area contributed by atoms with Gasteiger partial charge >= 0.3 is 0 Å². The Morgan fingerprint density at radius 2 is 2.29 bits per heavy atom. The molecule has 3 aliphatic rings. The van der Waals surface area contributed by atoms with Crippen LogP contribution < -0.4 is 0 Å². The zero-order valence-corrected chi connectivity index (χ0v) is 14.0. The number of hydrogen-bond donors (Lipinski definition) is 0. The molecule has 0 saturated carbocycles. The van der Waals surface area contributed by atoms with Gasteiger partial charge in [-0.05, 0) is 37.3 Å². The van der Waals surface area contributed by atoms with Gasteiger partial charge in [-0.1, -0.05) is 6.07 Å². The lowest BCUT2D eigenvalue weighted by Crippen LogP contribution is -2.50. The SMILES string of the molecule is O=C([C@@H]1CO[C@@H]2CCN(Cc3ccccn3)C[C@@H]2C1)N1CCCO1. The monoisotopic (exact) mass is 331 g/mol. The minimum absolute atomic E-state index is 0.0563. The van der Waals surface area contributed by atoms with Crippen molar-refractivity contribution in [3.8, 4) is 0 Å². The maximum Gasteiger partial charge on any atom is 0.251 e. The van der Waals surface area contributed by atoms with Crippen molar-refractivity contribution in [1.82, 2.24) is 14.9 Å². The third-order valence-corrected chi connectivity index (χ3v) is 5.31. The van der Waals surface area contributed by atoms with Gasteiger partial charge in [0.2, 0.25) is 0 Å². The lowest BCUT2D eigenvalue weighted by atomic mass is 9.83. The summed E-state index contributed by atoms with van der Waals surface area (Å²) in [6, 6.07) is 6.05. The van der Waals surface area contributed by atoms with Crippen molar-refractivity contribution in [3.63, 3.8) is 0 Å². The lowest BCUT2D eigenvalue weighted by molar-refractivity contribution is -0.183. The van der Waals surface area contributed by atoms with Gasteiger partial charge in [0.25, 0.3) is 5.91 Å². The lowest BCUT2D eigenvalue weighted by Gasteiger charge is -2.43. The summed E-state index contributed by atoms with van der Waals surface area (Å²) in [6.45, 7) is 4.80. The van der Waals surface area contributed by atoms with Crippen molar-refractivity contribution in [2.75, 3.05) is 32.8 Å². The van der Waals surface area contributed by atoms with E-state index in [9.17, 15) is 4.79 Å². The van der Waals surface area contributed by atoms with Crippen LogP contribution in [0.25, 0.3) is 0 Å². The highest BCUT2D eigenvalue weighted by atomic mass is 16.7. The molecule has 0 radical (unpaired) electrons. The number of fused-ring (bicyclic) bond motifs is 1. The van der Waals surface area contributed by atoms with Gasteiger partial charge in [0.15, 0.2) is 0 Å². The average molecular weight is 331 g/mol. The first-order chi connectivity index (χ1) is 11.8. The number of likely N-dealkylation sites (tertiary alicyclic amines) is 1. The molecule has 3 aliphatic heterocycles. The van der Waals surface area contributed by atoms with Gasteiger partial charge in [0.1, 0.15) is 0 Å². The first-order valence-corrected chi connectivity index (χ1v) is 8.98. The highest BCUT2D eigenvalue weighted by molar-refractivity contribution is 5.78. The molecule has 24 heavy (non-hydrogen) atoms. The van der Waals surface area contributed by atoms with E-state index in [1.54, 1.807) is 5.06 Å². The predicted molar refractivity (Wildman–Crippen MR) is 87.8 cm³/mol. The van der Waals surface area contributed by atoms with Gasteiger partial charge in [-0.3, -0.25) is 19.5 Å². The van der Waals surface area contributed by atoms with E-state index < -0.39 is 0 Å². The number of carbonyl (C=O) groups is 1. The van der Waals surface area contributed by atoms with E-state index in [0.717, 1.165) is 51.1 Å². The third kappa shape index (κ3) is 3.45. The normalized spacial score (nSPS) is 31.0. The van der Waals surface area contributed by atoms with Crippen molar-refractivity contribution in [2.24, 2.45) is 11.8 Å². The fourth-order valence-electron chi connectivity index (χ4n) is 4.07. The number of pyridine rings is 1. The number of ether oxygens (including phenoxy) is 1. The summed E-state index contributed by atoms with van der Waals surface area (Å²) in [7, 11) is 0. The van der Waals surface area contributed by atoms with E-state index in [1.165, 1.54) is 0 Å². The third-order valence-electron chi connectivity index (χ3n) is 5.31. The topological polar surface area (TPSA) is 54.9 Å². The molecule has 0 bridgehead atoms. The van der Waals surface area contributed by atoms with Gasteiger partial charge in [0.05, 0.1) is 37.5 Å². The fraction of sp³-hybridized carbons (Fsp3) is 0.667. The summed E-state index contributed by atoms with van der Waals surface area (Å²) >= 11 is 0. The largest absolute Gasteiger partial charge is 0.377 e. The van der Waals surface area contributed by atoms with Crippen LogP contribution in [-0.2, 0) is 20.9 Å². The molecule has 1 aromatic rings. The van der Waals surface area contributed by atoms with Crippen LogP contribution in [0.5, 0.6) is 0 Å². The zero-order valence-electron chi connectivity index (χ0n) is 14.0. The summed E-state index contributed by atoms with van der Waals surface area (Å²) in [4.78, 5) is 24.8. The summed E-state index contributed by atoms with van der Waals surface area (Å²) in [5.41, 5.74) is 1.10. The average Bonchev–Trinajstić information content (AvgIpc) is 3.16. The molecule has 3 atom stereocenters. The van der Waals surface area contributed by atoms with E-state index in [1.807, 2.05) is 18.3 Å². The Labute approximate surface area is 142 Å². The van der Waals surface area contributed by atoms with Crippen LogP contribution in [0.2, 0.25) is 0 Å². The highest BCUT2D eigenvalue weighted by Crippen LogP contribution is 2.33. The number of hydrogen-bond acceptors (Lipinski definition) is 5. The number of nitrogens with zero attached hydrogens (tertiary/aromatic N) is 3. The molecule has 0 aromatic carbocycles. The number of piperidine rings is 1. The summed E-state index contributed by atoms with van der Waals surface area (Å²) < 4.78 is 6.03. The van der Waals surface area contributed by atoms with Gasteiger partial charge in [0, 0.05) is 25.8 Å². The van der Waals surface area contributed by atoms with Crippen molar-refractivity contribution < 1.29 is 14.4 Å². The molecule has 6 nitrogen and oxygen atoms in total. The Morgan fingerprint density at radius 1 is 1.33 bits per heavy atom. The molecule has 6 heteroatoms. The molecule has 4 heterocycles. The smallest absolute Gasteiger partial charge is 0.251 e. The Kier molecular flexibility index (Phi) is 4.78. The van der Waals surface area contributed by atoms with Gasteiger partial charge < -0.3 is 4.74 Å². The van der Waals surface area contributed by atoms with Crippen molar-refractivity contribution in [2.45, 2.75) is 31.9 Å². The van der Waals surface area contributed by atoms with E-state index in [4.69, 9.17) is 9.57 Å². The molecule has 3 fully saturated rings. The minimum Gasteiger partial charge on any atom is -0.377 e.